The highest BCUT2D eigenvalue weighted by molar-refractivity contribution is 5.85. The van der Waals surface area contributed by atoms with Gasteiger partial charge in [0.15, 0.2) is 0 Å². The van der Waals surface area contributed by atoms with Crippen molar-refractivity contribution in [2.24, 2.45) is 0 Å². The molecule has 0 spiro atoms. The molecule has 0 atom stereocenters. The molecule has 0 aliphatic rings. The second-order valence-corrected chi connectivity index (χ2v) is 3.24. The van der Waals surface area contributed by atoms with Gasteiger partial charge in [0.1, 0.15) is 0 Å². The molecule has 0 aliphatic heterocycles. The summed E-state index contributed by atoms with van der Waals surface area (Å²) in [5, 5.41) is 2.61. The summed E-state index contributed by atoms with van der Waals surface area (Å²) in [6, 6.07) is 14.8. The molecule has 0 fully saturated rings. The molecule has 2 rings (SSSR count). The molecule has 0 nitrogen and oxygen atoms in total. The van der Waals surface area contributed by atoms with Gasteiger partial charge < -0.3 is 0 Å². The van der Waals surface area contributed by atoms with Crippen LogP contribution in [0.15, 0.2) is 42.5 Å². The standard InChI is InChI=1S/C14H12/c1-2-3-7-12-9-6-10-13-8-4-5-11-14(12)13/h4-6,8-11H,7H2,1H3. The first kappa shape index (κ1) is 8.84. The monoisotopic (exact) mass is 180 g/mol. The summed E-state index contributed by atoms with van der Waals surface area (Å²) in [6.45, 7) is 1.88. The van der Waals surface area contributed by atoms with Gasteiger partial charge in [-0.1, -0.05) is 48.4 Å². The second kappa shape index (κ2) is 3.98. The third-order valence-electron chi connectivity index (χ3n) is 2.34. The first-order valence-corrected chi connectivity index (χ1v) is 4.78. The van der Waals surface area contributed by atoms with Crippen LogP contribution in [0, 0.1) is 11.8 Å². The fourth-order valence-corrected chi connectivity index (χ4v) is 1.63. The average molecular weight is 180 g/mol. The highest BCUT2D eigenvalue weighted by Gasteiger charge is 1.96. The van der Waals surface area contributed by atoms with Crippen LogP contribution in [0.2, 0.25) is 0 Å². The van der Waals surface area contributed by atoms with Crippen molar-refractivity contribution < 1.29 is 0 Å². The number of benzene rings is 2. The van der Waals surface area contributed by atoms with Crippen molar-refractivity contribution in [3.63, 3.8) is 0 Å². The molecule has 0 saturated heterocycles. The normalized spacial score (nSPS) is 9.50. The van der Waals surface area contributed by atoms with Gasteiger partial charge in [-0.05, 0) is 23.3 Å². The van der Waals surface area contributed by atoms with Gasteiger partial charge in [-0.3, -0.25) is 0 Å². The molecule has 2 aromatic rings. The Morgan fingerprint density at radius 1 is 1.00 bits per heavy atom. The van der Waals surface area contributed by atoms with E-state index in [9.17, 15) is 0 Å². The lowest BCUT2D eigenvalue weighted by molar-refractivity contribution is 1.35. The molecule has 0 aromatic heterocycles. The largest absolute Gasteiger partial charge is 0.106 e. The van der Waals surface area contributed by atoms with Crippen molar-refractivity contribution in [2.75, 3.05) is 0 Å². The predicted molar refractivity (Wildman–Crippen MR) is 61.1 cm³/mol. The van der Waals surface area contributed by atoms with Crippen LogP contribution in [0.4, 0.5) is 0 Å². The Morgan fingerprint density at radius 2 is 1.79 bits per heavy atom. The van der Waals surface area contributed by atoms with Gasteiger partial charge >= 0.3 is 0 Å². The van der Waals surface area contributed by atoms with Gasteiger partial charge in [0.2, 0.25) is 0 Å². The Kier molecular flexibility index (Phi) is 2.51. The van der Waals surface area contributed by atoms with E-state index in [2.05, 4.69) is 54.3 Å². The van der Waals surface area contributed by atoms with E-state index in [0.717, 1.165) is 6.42 Å². The molecule has 14 heavy (non-hydrogen) atoms. The van der Waals surface area contributed by atoms with E-state index in [0.29, 0.717) is 0 Å². The minimum atomic E-state index is 0.845. The topological polar surface area (TPSA) is 0 Å². The van der Waals surface area contributed by atoms with E-state index in [1.807, 2.05) is 6.92 Å². The van der Waals surface area contributed by atoms with Gasteiger partial charge in [-0.2, -0.15) is 0 Å². The van der Waals surface area contributed by atoms with Crippen LogP contribution in [-0.4, -0.2) is 0 Å². The quantitative estimate of drug-likeness (QED) is 0.590. The minimum absolute atomic E-state index is 0.845. The predicted octanol–water partition coefficient (Wildman–Crippen LogP) is 3.41. The Hall–Kier alpha value is -1.74. The maximum atomic E-state index is 3.11. The Labute approximate surface area is 84.6 Å². The zero-order valence-corrected chi connectivity index (χ0v) is 8.25. The summed E-state index contributed by atoms with van der Waals surface area (Å²) in [6.07, 6.45) is 0.845. The molecular weight excluding hydrogens is 168 g/mol. The van der Waals surface area contributed by atoms with E-state index in [1.54, 1.807) is 0 Å². The number of hydrogen-bond acceptors (Lipinski definition) is 0. The summed E-state index contributed by atoms with van der Waals surface area (Å²) in [4.78, 5) is 0. The smallest absolute Gasteiger partial charge is 0.0346 e. The van der Waals surface area contributed by atoms with Crippen molar-refractivity contribution in [1.29, 1.82) is 0 Å². The van der Waals surface area contributed by atoms with E-state index >= 15 is 0 Å². The van der Waals surface area contributed by atoms with Crippen molar-refractivity contribution >= 4 is 10.8 Å². The Bertz CT molecular complexity index is 493. The first-order valence-electron chi connectivity index (χ1n) is 4.78. The molecule has 0 saturated carbocycles. The lowest BCUT2D eigenvalue weighted by Crippen LogP contribution is -1.83. The summed E-state index contributed by atoms with van der Waals surface area (Å²) in [7, 11) is 0. The highest BCUT2D eigenvalue weighted by Crippen LogP contribution is 2.18. The fraction of sp³-hybridized carbons (Fsp3) is 0.143. The summed E-state index contributed by atoms with van der Waals surface area (Å²) in [5.41, 5.74) is 1.32. The molecule has 0 unspecified atom stereocenters. The van der Waals surface area contributed by atoms with E-state index in [4.69, 9.17) is 0 Å². The average Bonchev–Trinajstić information content (AvgIpc) is 2.26. The lowest BCUT2D eigenvalue weighted by Gasteiger charge is -2.02. The number of rotatable bonds is 1. The zero-order valence-electron chi connectivity index (χ0n) is 8.25. The third kappa shape index (κ3) is 1.63. The minimum Gasteiger partial charge on any atom is -0.106 e. The van der Waals surface area contributed by atoms with Crippen LogP contribution >= 0.6 is 0 Å². The van der Waals surface area contributed by atoms with Crippen molar-refractivity contribution in [1.82, 2.24) is 0 Å². The SMILES string of the molecule is CC#CCc1cccc2ccccc12. The van der Waals surface area contributed by atoms with Crippen molar-refractivity contribution in [3.05, 3.63) is 48.0 Å². The van der Waals surface area contributed by atoms with Crippen LogP contribution in [0.25, 0.3) is 10.8 Å². The maximum absolute atomic E-state index is 3.11. The first-order chi connectivity index (χ1) is 6.92. The van der Waals surface area contributed by atoms with Gasteiger partial charge in [0.05, 0.1) is 0 Å². The number of fused-ring (bicyclic) bond motifs is 1. The molecular formula is C14H12. The van der Waals surface area contributed by atoms with E-state index < -0.39 is 0 Å². The van der Waals surface area contributed by atoms with Crippen LogP contribution in [0.1, 0.15) is 12.5 Å². The van der Waals surface area contributed by atoms with Crippen LogP contribution in [0.5, 0.6) is 0 Å². The molecule has 0 amide bonds. The molecule has 68 valence electrons. The molecule has 0 N–H and O–H groups in total. The number of hydrogen-bond donors (Lipinski definition) is 0. The molecule has 0 heterocycles. The molecule has 0 aliphatic carbocycles. The Balaban J connectivity index is 2.57. The van der Waals surface area contributed by atoms with Crippen LogP contribution in [-0.2, 0) is 6.42 Å². The summed E-state index contributed by atoms with van der Waals surface area (Å²) in [5.74, 6) is 6.04. The van der Waals surface area contributed by atoms with Crippen LogP contribution in [0.3, 0.4) is 0 Å². The van der Waals surface area contributed by atoms with Gasteiger partial charge in [0, 0.05) is 6.42 Å². The highest BCUT2D eigenvalue weighted by atomic mass is 14.0. The maximum Gasteiger partial charge on any atom is 0.0346 e. The lowest BCUT2D eigenvalue weighted by atomic mass is 10.0. The summed E-state index contributed by atoms with van der Waals surface area (Å²) < 4.78 is 0. The zero-order chi connectivity index (χ0) is 9.80. The summed E-state index contributed by atoms with van der Waals surface area (Å²) >= 11 is 0. The second-order valence-electron chi connectivity index (χ2n) is 3.24. The van der Waals surface area contributed by atoms with E-state index in [-0.39, 0.29) is 0 Å². The van der Waals surface area contributed by atoms with Gasteiger partial charge in [-0.25, -0.2) is 0 Å². The van der Waals surface area contributed by atoms with Crippen molar-refractivity contribution in [3.8, 4) is 11.8 Å². The molecule has 0 heteroatoms. The molecule has 2 aromatic carbocycles. The fourth-order valence-electron chi connectivity index (χ4n) is 1.63. The van der Waals surface area contributed by atoms with Crippen molar-refractivity contribution in [2.45, 2.75) is 13.3 Å². The molecule has 0 bridgehead atoms. The van der Waals surface area contributed by atoms with Gasteiger partial charge in [-0.15, -0.1) is 5.92 Å². The third-order valence-corrected chi connectivity index (χ3v) is 2.34. The Morgan fingerprint density at radius 3 is 2.64 bits per heavy atom. The van der Waals surface area contributed by atoms with Crippen LogP contribution < -0.4 is 0 Å². The molecule has 0 radical (unpaired) electrons. The van der Waals surface area contributed by atoms with Gasteiger partial charge in [0.25, 0.3) is 0 Å². The van der Waals surface area contributed by atoms with E-state index in [1.165, 1.54) is 16.3 Å².